The number of rotatable bonds is 5. The van der Waals surface area contributed by atoms with Crippen LogP contribution in [0, 0.1) is 0 Å². The Balaban J connectivity index is 0.000000196. The number of hydrogen-bond acceptors (Lipinski definition) is 8. The van der Waals surface area contributed by atoms with Crippen molar-refractivity contribution in [2.75, 3.05) is 27.3 Å². The summed E-state index contributed by atoms with van der Waals surface area (Å²) in [5.74, 6) is -0.616. The van der Waals surface area contributed by atoms with Crippen molar-refractivity contribution in [1.82, 2.24) is 10.2 Å². The summed E-state index contributed by atoms with van der Waals surface area (Å²) in [4.78, 5) is 28.1. The molecule has 12 heteroatoms. The fraction of sp³-hybridized carbons (Fsp3) is 0.312. The van der Waals surface area contributed by atoms with E-state index in [2.05, 4.69) is 53.8 Å². The van der Waals surface area contributed by atoms with Crippen molar-refractivity contribution in [3.05, 3.63) is 113 Å². The Labute approximate surface area is 287 Å². The number of nitrogens with one attached hydrogen (secondary N) is 1. The summed E-state index contributed by atoms with van der Waals surface area (Å²) in [7, 11) is 2.76. The van der Waals surface area contributed by atoms with E-state index in [1.807, 2.05) is 47.7 Å². The molecule has 231 valence electrons. The van der Waals surface area contributed by atoms with Crippen molar-refractivity contribution in [2.45, 2.75) is 36.8 Å². The highest BCUT2D eigenvalue weighted by Gasteiger charge is 2.32. The first kappa shape index (κ1) is 36.3. The maximum atomic E-state index is 12.3. The van der Waals surface area contributed by atoms with Crippen LogP contribution in [0.3, 0.4) is 0 Å². The predicted molar refractivity (Wildman–Crippen MR) is 185 cm³/mol. The molecule has 0 spiro atoms. The number of hydrogen-bond donors (Lipinski definition) is 1. The van der Waals surface area contributed by atoms with Gasteiger partial charge in [0.1, 0.15) is 10.9 Å². The lowest BCUT2D eigenvalue weighted by Crippen LogP contribution is -2.38. The number of thiophene rings is 2. The Kier molecular flexibility index (Phi) is 14.9. The van der Waals surface area contributed by atoms with Crippen LogP contribution < -0.4 is 5.32 Å². The van der Waals surface area contributed by atoms with Gasteiger partial charge in [-0.3, -0.25) is 9.69 Å². The highest BCUT2D eigenvalue weighted by molar-refractivity contribution is 9.09. The van der Waals surface area contributed by atoms with Crippen molar-refractivity contribution < 1.29 is 19.1 Å². The molecule has 0 bridgehead atoms. The van der Waals surface area contributed by atoms with E-state index in [9.17, 15) is 9.59 Å². The van der Waals surface area contributed by atoms with E-state index < -0.39 is 10.9 Å². The normalized spacial score (nSPS) is 14.9. The molecule has 1 N–H and O–H groups in total. The second kappa shape index (κ2) is 18.1. The van der Waals surface area contributed by atoms with Crippen LogP contribution in [-0.2, 0) is 45.0 Å². The van der Waals surface area contributed by atoms with Gasteiger partial charge in [0.15, 0.2) is 0 Å². The molecule has 3 radical (unpaired) electrons. The monoisotopic (exact) mass is 733 g/mol. The molecule has 2 atom stereocenters. The fourth-order valence-corrected chi connectivity index (χ4v) is 7.85. The number of nitrogens with zero attached hydrogens (tertiary/aromatic N) is 1. The Morgan fingerprint density at radius 3 is 2.00 bits per heavy atom. The van der Waals surface area contributed by atoms with Crippen molar-refractivity contribution in [3.63, 3.8) is 0 Å². The minimum atomic E-state index is -0.494. The van der Waals surface area contributed by atoms with Gasteiger partial charge in [-0.25, -0.2) is 4.79 Å². The average Bonchev–Trinajstić information content (AvgIpc) is 3.72. The molecule has 2 aliphatic heterocycles. The summed E-state index contributed by atoms with van der Waals surface area (Å²) in [5, 5.41) is 8.77. The molecule has 6 rings (SSSR count). The Morgan fingerprint density at radius 2 is 1.41 bits per heavy atom. The molecule has 0 amide bonds. The third-order valence-electron chi connectivity index (χ3n) is 7.09. The van der Waals surface area contributed by atoms with Gasteiger partial charge in [-0.1, -0.05) is 75.5 Å². The van der Waals surface area contributed by atoms with Gasteiger partial charge in [-0.15, -0.1) is 22.7 Å². The van der Waals surface area contributed by atoms with Gasteiger partial charge >= 0.3 is 11.9 Å². The highest BCUT2D eigenvalue weighted by Crippen LogP contribution is 2.34. The van der Waals surface area contributed by atoms with Crippen LogP contribution in [0.15, 0.2) is 71.4 Å². The van der Waals surface area contributed by atoms with E-state index in [1.165, 1.54) is 36.6 Å². The Hall–Kier alpha value is -2.18. The van der Waals surface area contributed by atoms with Gasteiger partial charge in [0.05, 0.1) is 14.2 Å². The van der Waals surface area contributed by atoms with E-state index in [1.54, 1.807) is 28.3 Å². The standard InChI is InChI=1S/C16H16ClNO2S.C9H8BrClO2.C7H9NS.B/c1-20-16(19)15(12-4-2-3-5-13(12)17)18-8-6-14-11(10-18)7-9-21-14;1-13-9(12)8(10)6-4-2-3-5-7(6)11;1-3-8-5-6-2-4-9-7(1)6;/h2-5,7,9,15H,6,8,10H2,1H3;2-5,8H,1H3;2,4,8H,1,3,5H2;. The molecule has 0 saturated heterocycles. The maximum absolute atomic E-state index is 12.3. The van der Waals surface area contributed by atoms with E-state index in [4.69, 9.17) is 27.9 Å². The van der Waals surface area contributed by atoms with Crippen LogP contribution in [0.2, 0.25) is 10.0 Å². The molecule has 44 heavy (non-hydrogen) atoms. The minimum Gasteiger partial charge on any atom is -0.468 e. The summed E-state index contributed by atoms with van der Waals surface area (Å²) in [6.45, 7) is 3.83. The third kappa shape index (κ3) is 9.42. The zero-order chi connectivity index (χ0) is 30.8. The zero-order valence-electron chi connectivity index (χ0n) is 24.4. The molecule has 2 aromatic heterocycles. The largest absolute Gasteiger partial charge is 0.468 e. The first-order valence-electron chi connectivity index (χ1n) is 13.7. The number of esters is 2. The molecular weight excluding hydrogens is 702 g/mol. The second-order valence-electron chi connectivity index (χ2n) is 9.74. The summed E-state index contributed by atoms with van der Waals surface area (Å²) >= 11 is 19.0. The zero-order valence-corrected chi connectivity index (χ0v) is 29.2. The van der Waals surface area contributed by atoms with Crippen molar-refractivity contribution >= 4 is 82.2 Å². The molecule has 0 saturated carbocycles. The smallest absolute Gasteiger partial charge is 0.327 e. The van der Waals surface area contributed by atoms with Gasteiger partial charge in [0.25, 0.3) is 0 Å². The van der Waals surface area contributed by atoms with Crippen LogP contribution in [0.4, 0.5) is 0 Å². The quantitative estimate of drug-likeness (QED) is 0.129. The van der Waals surface area contributed by atoms with Crippen molar-refractivity contribution in [1.29, 1.82) is 0 Å². The predicted octanol–water partition coefficient (Wildman–Crippen LogP) is 7.64. The molecule has 4 aromatic rings. The van der Waals surface area contributed by atoms with Crippen molar-refractivity contribution in [3.8, 4) is 0 Å². The molecule has 6 nitrogen and oxygen atoms in total. The van der Waals surface area contributed by atoms with Crippen molar-refractivity contribution in [2.24, 2.45) is 0 Å². The number of carbonyl (C=O) groups is 2. The van der Waals surface area contributed by atoms with E-state index in [-0.39, 0.29) is 20.4 Å². The number of fused-ring (bicyclic) bond motifs is 2. The minimum absolute atomic E-state index is 0. The van der Waals surface area contributed by atoms with Crippen LogP contribution in [-0.4, -0.2) is 52.6 Å². The highest BCUT2D eigenvalue weighted by atomic mass is 79.9. The lowest BCUT2D eigenvalue weighted by molar-refractivity contribution is -0.147. The second-order valence-corrected chi connectivity index (χ2v) is 13.5. The summed E-state index contributed by atoms with van der Waals surface area (Å²) < 4.78 is 9.58. The first-order chi connectivity index (χ1) is 20.8. The molecule has 0 aliphatic carbocycles. The Bertz CT molecular complexity index is 1500. The lowest BCUT2D eigenvalue weighted by atomic mass is 10.0. The van der Waals surface area contributed by atoms with Gasteiger partial charge in [0.2, 0.25) is 0 Å². The van der Waals surface area contributed by atoms with Crippen LogP contribution >= 0.6 is 61.8 Å². The van der Waals surface area contributed by atoms with Crippen LogP contribution in [0.25, 0.3) is 0 Å². The lowest BCUT2D eigenvalue weighted by Gasteiger charge is -2.33. The SMILES string of the molecule is COC(=O)C(Br)c1ccccc1Cl.COC(=O)C(c1ccccc1Cl)N1CCc2sccc2C1.[B].c1cc2c(s1)CCNC2. The van der Waals surface area contributed by atoms with Gasteiger partial charge < -0.3 is 14.8 Å². The number of methoxy groups -OCH3 is 2. The van der Waals surface area contributed by atoms with E-state index in [0.717, 1.165) is 43.7 Å². The van der Waals surface area contributed by atoms with Crippen LogP contribution in [0.1, 0.15) is 42.9 Å². The summed E-state index contributed by atoms with van der Waals surface area (Å²) in [5.41, 5.74) is 4.33. The van der Waals surface area contributed by atoms with Gasteiger partial charge in [-0.2, -0.15) is 0 Å². The molecular formula is C32H33BBrCl2N2O4S2. The number of halogens is 3. The number of benzene rings is 2. The first-order valence-corrected chi connectivity index (χ1v) is 17.1. The third-order valence-corrected chi connectivity index (χ3v) is 10.7. The number of ether oxygens (including phenoxy) is 2. The van der Waals surface area contributed by atoms with E-state index in [0.29, 0.717) is 10.0 Å². The number of carbonyl (C=O) groups excluding carboxylic acids is 2. The molecule has 0 fully saturated rings. The van der Waals surface area contributed by atoms with Gasteiger partial charge in [0, 0.05) is 54.4 Å². The van der Waals surface area contributed by atoms with Crippen LogP contribution in [0.5, 0.6) is 0 Å². The fourth-order valence-electron chi connectivity index (χ4n) is 4.85. The Morgan fingerprint density at radius 1 is 0.841 bits per heavy atom. The molecule has 2 unspecified atom stereocenters. The number of alkyl halides is 1. The molecule has 2 aromatic carbocycles. The molecule has 4 heterocycles. The van der Waals surface area contributed by atoms with Gasteiger partial charge in [-0.05, 0) is 70.1 Å². The summed E-state index contributed by atoms with van der Waals surface area (Å²) in [6.07, 6.45) is 2.19. The maximum Gasteiger partial charge on any atom is 0.327 e. The topological polar surface area (TPSA) is 67.9 Å². The summed E-state index contributed by atoms with van der Waals surface area (Å²) in [6, 6.07) is 18.5. The van der Waals surface area contributed by atoms with E-state index >= 15 is 0 Å². The average molecular weight is 735 g/mol. The molecule has 2 aliphatic rings.